The molecule has 1 fully saturated rings. The van der Waals surface area contributed by atoms with E-state index < -0.39 is 0 Å². The van der Waals surface area contributed by atoms with Crippen LogP contribution in [0.1, 0.15) is 51.3 Å². The molecule has 1 N–H and O–H groups in total. The number of carbonyl (C=O) groups excluding carboxylic acids is 2. The maximum absolute atomic E-state index is 12.5. The fourth-order valence-electron chi connectivity index (χ4n) is 2.41. The van der Waals surface area contributed by atoms with E-state index in [0.717, 1.165) is 24.1 Å². The van der Waals surface area contributed by atoms with Crippen molar-refractivity contribution in [1.29, 1.82) is 0 Å². The minimum atomic E-state index is -0.187. The molecule has 1 aliphatic rings. The van der Waals surface area contributed by atoms with Crippen LogP contribution in [-0.2, 0) is 9.59 Å². The van der Waals surface area contributed by atoms with E-state index in [1.54, 1.807) is 16.2 Å². The Bertz CT molecular complexity index is 660. The Kier molecular flexibility index (Phi) is 7.22. The molecule has 4 nitrogen and oxygen atoms in total. The quantitative estimate of drug-likeness (QED) is 0.421. The molecule has 0 aliphatic carbocycles. The summed E-state index contributed by atoms with van der Waals surface area (Å²) in [6.45, 7) is 6.55. The van der Waals surface area contributed by atoms with Gasteiger partial charge in [-0.15, -0.1) is 11.3 Å². The van der Waals surface area contributed by atoms with Crippen LogP contribution in [0.5, 0.6) is 0 Å². The van der Waals surface area contributed by atoms with E-state index in [0.29, 0.717) is 22.2 Å². The third-order valence-corrected chi connectivity index (χ3v) is 5.69. The topological polar surface area (TPSA) is 49.4 Å². The van der Waals surface area contributed by atoms with Gasteiger partial charge >= 0.3 is 0 Å². The zero-order valence-electron chi connectivity index (χ0n) is 14.8. The Hall–Kier alpha value is -1.18. The molecule has 1 aromatic rings. The van der Waals surface area contributed by atoms with E-state index in [1.165, 1.54) is 11.8 Å². The van der Waals surface area contributed by atoms with Gasteiger partial charge in [-0.2, -0.15) is 0 Å². The fourth-order valence-corrected chi connectivity index (χ4v) is 4.44. The van der Waals surface area contributed by atoms with Crippen LogP contribution in [0.3, 0.4) is 0 Å². The SMILES string of the molecule is CC(C)(C)NC(=O)CCCCCN1C(=O)/C(=C/c2cccs2)SC1=S. The second-order valence-electron chi connectivity index (χ2n) is 6.96. The molecule has 0 radical (unpaired) electrons. The molecule has 0 bridgehead atoms. The first-order valence-corrected chi connectivity index (χ1v) is 10.5. The van der Waals surface area contributed by atoms with Gasteiger partial charge in [-0.25, -0.2) is 0 Å². The van der Waals surface area contributed by atoms with Crippen LogP contribution in [0.2, 0.25) is 0 Å². The highest BCUT2D eigenvalue weighted by atomic mass is 32.2. The second kappa shape index (κ2) is 8.96. The number of thiocarbonyl (C=S) groups is 1. The third-order valence-electron chi connectivity index (χ3n) is 3.49. The molecule has 2 rings (SSSR count). The fraction of sp³-hybridized carbons (Fsp3) is 0.500. The molecule has 7 heteroatoms. The number of nitrogens with one attached hydrogen (secondary N) is 1. The van der Waals surface area contributed by atoms with Gasteiger partial charge in [0.05, 0.1) is 4.91 Å². The van der Waals surface area contributed by atoms with Crippen molar-refractivity contribution in [2.24, 2.45) is 0 Å². The highest BCUT2D eigenvalue weighted by Gasteiger charge is 2.31. The molecule has 0 saturated carbocycles. The molecule has 0 aromatic carbocycles. The monoisotopic (exact) mass is 396 g/mol. The van der Waals surface area contributed by atoms with Crippen LogP contribution in [-0.4, -0.2) is 33.1 Å². The number of thiophene rings is 1. The van der Waals surface area contributed by atoms with E-state index in [4.69, 9.17) is 12.2 Å². The molecule has 0 spiro atoms. The zero-order chi connectivity index (χ0) is 18.4. The largest absolute Gasteiger partial charge is 0.352 e. The van der Waals surface area contributed by atoms with Crippen LogP contribution < -0.4 is 5.32 Å². The van der Waals surface area contributed by atoms with Crippen molar-refractivity contribution in [1.82, 2.24) is 10.2 Å². The lowest BCUT2D eigenvalue weighted by atomic mass is 10.1. The van der Waals surface area contributed by atoms with Gasteiger partial charge in [0.15, 0.2) is 0 Å². The molecule has 0 atom stereocenters. The lowest BCUT2D eigenvalue weighted by Crippen LogP contribution is -2.40. The average molecular weight is 397 g/mol. The van der Waals surface area contributed by atoms with Crippen LogP contribution in [0, 0.1) is 0 Å². The van der Waals surface area contributed by atoms with Crippen molar-refractivity contribution in [3.05, 3.63) is 27.3 Å². The van der Waals surface area contributed by atoms with Gasteiger partial charge in [-0.3, -0.25) is 14.5 Å². The number of hydrogen-bond acceptors (Lipinski definition) is 5. The molecule has 25 heavy (non-hydrogen) atoms. The first kappa shape index (κ1) is 20.1. The van der Waals surface area contributed by atoms with Crippen LogP contribution in [0.25, 0.3) is 6.08 Å². The van der Waals surface area contributed by atoms with E-state index in [9.17, 15) is 9.59 Å². The summed E-state index contributed by atoms with van der Waals surface area (Å²) in [6, 6.07) is 3.95. The summed E-state index contributed by atoms with van der Waals surface area (Å²) in [5.41, 5.74) is -0.187. The van der Waals surface area contributed by atoms with Crippen molar-refractivity contribution < 1.29 is 9.59 Å². The predicted octanol–water partition coefficient (Wildman–Crippen LogP) is 4.42. The highest BCUT2D eigenvalue weighted by Crippen LogP contribution is 2.33. The number of nitrogens with zero attached hydrogens (tertiary/aromatic N) is 1. The first-order chi connectivity index (χ1) is 11.8. The van der Waals surface area contributed by atoms with Crippen LogP contribution >= 0.6 is 35.3 Å². The summed E-state index contributed by atoms with van der Waals surface area (Å²) in [7, 11) is 0. The van der Waals surface area contributed by atoms with Crippen LogP contribution in [0.15, 0.2) is 22.4 Å². The second-order valence-corrected chi connectivity index (χ2v) is 9.61. The van der Waals surface area contributed by atoms with Gasteiger partial charge in [0.2, 0.25) is 5.91 Å². The van der Waals surface area contributed by atoms with Gasteiger partial charge in [-0.05, 0) is 51.1 Å². The standard InChI is InChI=1S/C18H24N2O2S3/c1-18(2,3)19-15(21)9-5-4-6-10-20-16(22)14(25-17(20)23)12-13-8-7-11-24-13/h7-8,11-12H,4-6,9-10H2,1-3H3,(H,19,21)/b14-12-. The average Bonchev–Trinajstić information content (AvgIpc) is 3.08. The highest BCUT2D eigenvalue weighted by molar-refractivity contribution is 8.26. The van der Waals surface area contributed by atoms with Gasteiger partial charge in [0.1, 0.15) is 4.32 Å². The van der Waals surface area contributed by atoms with Crippen molar-refractivity contribution >= 4 is 57.5 Å². The first-order valence-electron chi connectivity index (χ1n) is 8.36. The Morgan fingerprint density at radius 3 is 2.72 bits per heavy atom. The summed E-state index contributed by atoms with van der Waals surface area (Å²) >= 11 is 8.31. The number of hydrogen-bond donors (Lipinski definition) is 1. The Balaban J connectivity index is 1.73. The summed E-state index contributed by atoms with van der Waals surface area (Å²) in [5.74, 6) is 0.0749. The molecular weight excluding hydrogens is 372 g/mol. The number of rotatable bonds is 7. The molecule has 1 aliphatic heterocycles. The van der Waals surface area contributed by atoms with Gasteiger partial charge < -0.3 is 5.32 Å². The summed E-state index contributed by atoms with van der Waals surface area (Å²) < 4.78 is 0.623. The van der Waals surface area contributed by atoms with E-state index in [-0.39, 0.29) is 17.4 Å². The normalized spacial score (nSPS) is 16.8. The summed E-state index contributed by atoms with van der Waals surface area (Å²) in [4.78, 5) is 27.7. The van der Waals surface area contributed by atoms with Crippen molar-refractivity contribution in [3.63, 3.8) is 0 Å². The molecule has 2 amide bonds. The molecule has 0 unspecified atom stereocenters. The van der Waals surface area contributed by atoms with Crippen LogP contribution in [0.4, 0.5) is 0 Å². The smallest absolute Gasteiger partial charge is 0.266 e. The molecule has 2 heterocycles. The summed E-state index contributed by atoms with van der Waals surface area (Å²) in [6.07, 6.45) is 5.00. The lowest BCUT2D eigenvalue weighted by molar-refractivity contribution is -0.123. The Labute approximate surface area is 163 Å². The van der Waals surface area contributed by atoms with Crippen molar-refractivity contribution in [3.8, 4) is 0 Å². The number of carbonyl (C=O) groups is 2. The number of amides is 2. The van der Waals surface area contributed by atoms with Gasteiger partial charge in [-0.1, -0.05) is 36.5 Å². The molecule has 1 saturated heterocycles. The summed E-state index contributed by atoms with van der Waals surface area (Å²) in [5, 5.41) is 4.95. The van der Waals surface area contributed by atoms with E-state index in [2.05, 4.69) is 5.32 Å². The minimum absolute atomic E-state index is 0.00567. The number of thioether (sulfide) groups is 1. The predicted molar refractivity (Wildman–Crippen MR) is 111 cm³/mol. The van der Waals surface area contributed by atoms with E-state index in [1.807, 2.05) is 44.4 Å². The molecule has 136 valence electrons. The molecule has 1 aromatic heterocycles. The van der Waals surface area contributed by atoms with Crippen molar-refractivity contribution in [2.75, 3.05) is 6.54 Å². The lowest BCUT2D eigenvalue weighted by Gasteiger charge is -2.20. The maximum Gasteiger partial charge on any atom is 0.266 e. The Morgan fingerprint density at radius 2 is 2.08 bits per heavy atom. The van der Waals surface area contributed by atoms with Crippen molar-refractivity contribution in [2.45, 2.75) is 52.0 Å². The van der Waals surface area contributed by atoms with E-state index >= 15 is 0 Å². The number of unbranched alkanes of at least 4 members (excludes halogenated alkanes) is 2. The minimum Gasteiger partial charge on any atom is -0.352 e. The van der Waals surface area contributed by atoms with Gasteiger partial charge in [0, 0.05) is 23.4 Å². The molecular formula is C18H24N2O2S3. The maximum atomic E-state index is 12.5. The van der Waals surface area contributed by atoms with Gasteiger partial charge in [0.25, 0.3) is 5.91 Å². The Morgan fingerprint density at radius 1 is 1.32 bits per heavy atom. The zero-order valence-corrected chi connectivity index (χ0v) is 17.3. The third kappa shape index (κ3) is 6.56.